The monoisotopic (exact) mass is 654 g/mol. The number of allylic oxidation sites excluding steroid dienone is 2. The first kappa shape index (κ1) is 31.8. The molecule has 2 atom stereocenters. The fourth-order valence-electron chi connectivity index (χ4n) is 6.70. The Morgan fingerprint density at radius 1 is 0.488 bits per heavy atom. The summed E-state index contributed by atoms with van der Waals surface area (Å²) in [7, 11) is 0. The van der Waals surface area contributed by atoms with E-state index in [9.17, 15) is 0 Å². The van der Waals surface area contributed by atoms with Crippen molar-refractivity contribution in [2.75, 3.05) is 0 Å². The van der Waals surface area contributed by atoms with Crippen LogP contribution in [0.5, 0.6) is 0 Å². The van der Waals surface area contributed by atoms with Gasteiger partial charge in [0, 0.05) is 0 Å². The molecule has 4 aromatic carbocycles. The Balaban J connectivity index is 0.00000194. The van der Waals surface area contributed by atoms with Crippen molar-refractivity contribution in [2.45, 2.75) is 64.2 Å². The number of fused-ring (bicyclic) bond motifs is 2. The molecule has 0 N–H and O–H groups in total. The van der Waals surface area contributed by atoms with Crippen LogP contribution in [-0.2, 0) is 23.2 Å². The molecule has 0 radical (unpaired) electrons. The maximum atomic E-state index is 2.43. The van der Waals surface area contributed by atoms with Crippen molar-refractivity contribution in [3.8, 4) is 0 Å². The maximum Gasteiger partial charge on any atom is -1.00 e. The maximum absolute atomic E-state index is 2.43. The van der Waals surface area contributed by atoms with Gasteiger partial charge in [0.2, 0.25) is 0 Å². The Bertz CT molecular complexity index is 1390. The van der Waals surface area contributed by atoms with Crippen LogP contribution < -0.4 is 24.8 Å². The van der Waals surface area contributed by atoms with Gasteiger partial charge in [-0.05, 0) is 0 Å². The fourth-order valence-corrected chi connectivity index (χ4v) is 11.7. The van der Waals surface area contributed by atoms with Gasteiger partial charge in [0.15, 0.2) is 0 Å². The molecule has 0 bridgehead atoms. The zero-order valence-electron chi connectivity index (χ0n) is 24.0. The van der Waals surface area contributed by atoms with Gasteiger partial charge in [0.1, 0.15) is 0 Å². The minimum Gasteiger partial charge on any atom is -1.00 e. The largest absolute Gasteiger partial charge is 1.00 e. The van der Waals surface area contributed by atoms with Crippen molar-refractivity contribution in [2.24, 2.45) is 0 Å². The third-order valence-corrected chi connectivity index (χ3v) is 12.8. The molecular weight excluding hydrogens is 619 g/mol. The summed E-state index contributed by atoms with van der Waals surface area (Å²) in [5.74, 6) is 1.12. The first-order valence-electron chi connectivity index (χ1n) is 14.9. The van der Waals surface area contributed by atoms with Gasteiger partial charge in [-0.3, -0.25) is 0 Å². The number of hydrogen-bond donors (Lipinski definition) is 0. The van der Waals surface area contributed by atoms with E-state index in [1.807, 2.05) is 0 Å². The minimum atomic E-state index is -1.14. The minimum absolute atomic E-state index is 0. The summed E-state index contributed by atoms with van der Waals surface area (Å²) in [5, 5.41) is 0. The van der Waals surface area contributed by atoms with Crippen LogP contribution in [0.3, 0.4) is 0 Å². The number of hydrogen-bond acceptors (Lipinski definition) is 0. The van der Waals surface area contributed by atoms with E-state index in [1.54, 1.807) is 28.8 Å². The summed E-state index contributed by atoms with van der Waals surface area (Å²) < 4.78 is 3.61. The van der Waals surface area contributed by atoms with Crippen molar-refractivity contribution in [1.82, 2.24) is 0 Å². The van der Waals surface area contributed by atoms with Crippen molar-refractivity contribution < 1.29 is 48.0 Å². The summed E-state index contributed by atoms with van der Waals surface area (Å²) in [6, 6.07) is 41.2. The van der Waals surface area contributed by atoms with E-state index in [-0.39, 0.29) is 24.8 Å². The molecule has 0 nitrogen and oxygen atoms in total. The van der Waals surface area contributed by atoms with Crippen LogP contribution in [0.15, 0.2) is 116 Å². The Morgan fingerprint density at radius 2 is 0.854 bits per heavy atom. The number of rotatable bonds is 10. The molecule has 0 aliphatic heterocycles. The normalized spacial score (nSPS) is 16.9. The Morgan fingerprint density at radius 3 is 1.24 bits per heavy atom. The summed E-state index contributed by atoms with van der Waals surface area (Å²) in [6.07, 6.45) is 7.60. The van der Waals surface area contributed by atoms with Gasteiger partial charge in [0.05, 0.1) is 0 Å². The molecule has 0 fully saturated rings. The standard InChI is InChI=1S/2C19H19.2ClH.Zr/c2*1-2-3-9-16-14-19(15-10-5-4-6-11-15)18-13-8-7-12-17(16)18;;;/h2*4-8,10-13,16H,2-3,9H2,1H3;2*1H;/q;;;;+2/p-2. The predicted octanol–water partition coefficient (Wildman–Crippen LogP) is 4.57. The van der Waals surface area contributed by atoms with Crippen LogP contribution in [0.25, 0.3) is 11.1 Å². The number of halogens is 2. The van der Waals surface area contributed by atoms with Crippen molar-refractivity contribution >= 4 is 11.1 Å². The predicted molar refractivity (Wildman–Crippen MR) is 162 cm³/mol. The van der Waals surface area contributed by atoms with Crippen LogP contribution in [0, 0.1) is 0 Å². The molecular formula is C38H38Cl2Zr. The van der Waals surface area contributed by atoms with E-state index in [0.717, 1.165) is 0 Å². The van der Waals surface area contributed by atoms with E-state index >= 15 is 0 Å². The molecule has 6 rings (SSSR count). The topological polar surface area (TPSA) is 0 Å². The summed E-state index contributed by atoms with van der Waals surface area (Å²) in [4.78, 5) is 0. The van der Waals surface area contributed by atoms with Gasteiger partial charge in [-0.2, -0.15) is 0 Å². The molecule has 0 spiro atoms. The summed E-state index contributed by atoms with van der Waals surface area (Å²) >= 11 is -1.14. The number of benzene rings is 4. The second-order valence-electron chi connectivity index (χ2n) is 11.0. The smallest absolute Gasteiger partial charge is 1.00 e. The summed E-state index contributed by atoms with van der Waals surface area (Å²) in [6.45, 7) is 4.68. The molecule has 2 aliphatic carbocycles. The van der Waals surface area contributed by atoms with E-state index < -0.39 is 23.2 Å². The van der Waals surface area contributed by atoms with Gasteiger partial charge in [0.25, 0.3) is 0 Å². The van der Waals surface area contributed by atoms with Crippen molar-refractivity contribution in [3.63, 3.8) is 0 Å². The number of unbranched alkanes of at least 4 members (excludes halogenated alkanes) is 2. The van der Waals surface area contributed by atoms with Gasteiger partial charge in [-0.1, -0.05) is 0 Å². The third kappa shape index (κ3) is 6.29. The van der Waals surface area contributed by atoms with Crippen LogP contribution in [0.2, 0.25) is 0 Å². The zero-order chi connectivity index (χ0) is 26.6. The molecule has 4 aromatic rings. The van der Waals surface area contributed by atoms with Crippen LogP contribution >= 0.6 is 0 Å². The zero-order valence-corrected chi connectivity index (χ0v) is 28.0. The van der Waals surface area contributed by atoms with Crippen LogP contribution in [0.1, 0.15) is 97.6 Å². The molecule has 2 unspecified atom stereocenters. The van der Waals surface area contributed by atoms with Gasteiger partial charge in [-0.25, -0.2) is 0 Å². The summed E-state index contributed by atoms with van der Waals surface area (Å²) in [5.41, 5.74) is 12.1. The van der Waals surface area contributed by atoms with E-state index in [2.05, 4.69) is 123 Å². The molecule has 208 valence electrons. The SMILES string of the molecule is CCCCC1[C]([Zr+2][C]2=C(c3ccccc3)c3ccccc3C2CCCC)=C(c2ccccc2)c2ccccc21.[Cl-].[Cl-]. The molecule has 41 heavy (non-hydrogen) atoms. The Hall–Kier alpha value is -2.18. The second-order valence-corrected chi connectivity index (χ2v) is 14.3. The Labute approximate surface area is 270 Å². The van der Waals surface area contributed by atoms with E-state index in [0.29, 0.717) is 11.8 Å². The first-order chi connectivity index (χ1) is 19.3. The van der Waals surface area contributed by atoms with Gasteiger partial charge < -0.3 is 24.8 Å². The molecule has 0 saturated carbocycles. The van der Waals surface area contributed by atoms with Crippen molar-refractivity contribution in [1.29, 1.82) is 0 Å². The van der Waals surface area contributed by atoms with Crippen LogP contribution in [-0.4, -0.2) is 0 Å². The van der Waals surface area contributed by atoms with Gasteiger partial charge in [-0.15, -0.1) is 0 Å². The quantitative estimate of drug-likeness (QED) is 0.235. The van der Waals surface area contributed by atoms with Crippen molar-refractivity contribution in [3.05, 3.63) is 149 Å². The molecule has 0 aromatic heterocycles. The second kappa shape index (κ2) is 14.8. The molecule has 2 aliphatic rings. The van der Waals surface area contributed by atoms with E-state index in [1.165, 1.54) is 60.8 Å². The first-order valence-corrected chi connectivity index (χ1v) is 17.3. The van der Waals surface area contributed by atoms with E-state index in [4.69, 9.17) is 0 Å². The van der Waals surface area contributed by atoms with Crippen LogP contribution in [0.4, 0.5) is 0 Å². The average molecular weight is 657 g/mol. The Kier molecular flexibility index (Phi) is 11.5. The van der Waals surface area contributed by atoms with Gasteiger partial charge >= 0.3 is 248 Å². The third-order valence-electron chi connectivity index (χ3n) is 8.53. The molecule has 0 amide bonds. The molecule has 0 saturated heterocycles. The average Bonchev–Trinajstić information content (AvgIpc) is 3.47. The fraction of sp³-hybridized carbons (Fsp3) is 0.263. The molecule has 0 heterocycles. The molecule has 3 heteroatoms.